The Labute approximate surface area is 183 Å². The molecule has 0 amide bonds. The highest BCUT2D eigenvalue weighted by atomic mass is 79.9. The second-order valence-electron chi connectivity index (χ2n) is 6.87. The standard InChI is InChI=1S/C23H21BrN2O4/c1-28-22(27)14-9-6-10-17(25)21(14)26-18-12-19-15(11-16(18)24)20(23(29-2)30-19)13-7-4-3-5-8-13/h3-12,20,23,26H,25H2,1-2H3. The molecule has 1 heterocycles. The maximum atomic E-state index is 12.2. The Bertz CT molecular complexity index is 1090. The summed E-state index contributed by atoms with van der Waals surface area (Å²) >= 11 is 3.64. The molecule has 0 saturated heterocycles. The summed E-state index contributed by atoms with van der Waals surface area (Å²) in [7, 11) is 2.97. The van der Waals surface area contributed by atoms with Crippen LogP contribution in [0.3, 0.4) is 0 Å². The molecule has 2 atom stereocenters. The number of carbonyl (C=O) groups is 1. The number of para-hydroxylation sites is 1. The lowest BCUT2D eigenvalue weighted by Gasteiger charge is -2.18. The van der Waals surface area contributed by atoms with Gasteiger partial charge in [0, 0.05) is 23.2 Å². The summed E-state index contributed by atoms with van der Waals surface area (Å²) in [5.74, 6) is 0.182. The number of ether oxygens (including phenoxy) is 3. The van der Waals surface area contributed by atoms with Crippen molar-refractivity contribution in [2.24, 2.45) is 0 Å². The van der Waals surface area contributed by atoms with Gasteiger partial charge in [0.1, 0.15) is 5.75 Å². The molecule has 0 aromatic heterocycles. The first kappa shape index (κ1) is 20.3. The number of benzene rings is 3. The van der Waals surface area contributed by atoms with Crippen LogP contribution in [-0.2, 0) is 9.47 Å². The van der Waals surface area contributed by atoms with Gasteiger partial charge in [-0.05, 0) is 39.7 Å². The van der Waals surface area contributed by atoms with Crippen molar-refractivity contribution < 1.29 is 19.0 Å². The van der Waals surface area contributed by atoms with Crippen molar-refractivity contribution in [2.45, 2.75) is 12.2 Å². The van der Waals surface area contributed by atoms with Crippen molar-refractivity contribution in [3.8, 4) is 5.75 Å². The molecule has 7 heteroatoms. The first-order valence-electron chi connectivity index (χ1n) is 9.35. The minimum absolute atomic E-state index is 0.0519. The van der Waals surface area contributed by atoms with Crippen molar-refractivity contribution in [3.05, 3.63) is 81.8 Å². The highest BCUT2D eigenvalue weighted by Gasteiger charge is 2.36. The molecular formula is C23H21BrN2O4. The van der Waals surface area contributed by atoms with Crippen LogP contribution in [0, 0.1) is 0 Å². The minimum atomic E-state index is -0.470. The van der Waals surface area contributed by atoms with Gasteiger partial charge in [-0.1, -0.05) is 36.4 Å². The van der Waals surface area contributed by atoms with E-state index >= 15 is 0 Å². The van der Waals surface area contributed by atoms with Crippen LogP contribution in [0.2, 0.25) is 0 Å². The molecule has 3 aromatic carbocycles. The fraction of sp³-hybridized carbons (Fsp3) is 0.174. The molecule has 30 heavy (non-hydrogen) atoms. The third-order valence-electron chi connectivity index (χ3n) is 5.10. The quantitative estimate of drug-likeness (QED) is 0.402. The van der Waals surface area contributed by atoms with Gasteiger partial charge in [-0.2, -0.15) is 0 Å². The molecule has 1 aliphatic heterocycles. The Balaban J connectivity index is 1.74. The monoisotopic (exact) mass is 468 g/mol. The number of nitrogen functional groups attached to an aromatic ring is 1. The molecule has 2 unspecified atom stereocenters. The van der Waals surface area contributed by atoms with Crippen LogP contribution < -0.4 is 15.8 Å². The van der Waals surface area contributed by atoms with Crippen molar-refractivity contribution >= 4 is 39.0 Å². The van der Waals surface area contributed by atoms with E-state index in [4.69, 9.17) is 19.9 Å². The molecular weight excluding hydrogens is 448 g/mol. The second-order valence-corrected chi connectivity index (χ2v) is 7.72. The van der Waals surface area contributed by atoms with E-state index in [-0.39, 0.29) is 5.92 Å². The maximum Gasteiger partial charge on any atom is 0.340 e. The number of hydrogen-bond acceptors (Lipinski definition) is 6. The molecule has 4 rings (SSSR count). The molecule has 0 fully saturated rings. The van der Waals surface area contributed by atoms with Crippen LogP contribution in [0.25, 0.3) is 0 Å². The Kier molecular flexibility index (Phi) is 5.65. The highest BCUT2D eigenvalue weighted by molar-refractivity contribution is 9.10. The van der Waals surface area contributed by atoms with Gasteiger partial charge < -0.3 is 25.3 Å². The van der Waals surface area contributed by atoms with Gasteiger partial charge in [0.2, 0.25) is 6.29 Å². The first-order chi connectivity index (χ1) is 14.5. The average molecular weight is 469 g/mol. The summed E-state index contributed by atoms with van der Waals surface area (Å²) in [5.41, 5.74) is 10.2. The lowest BCUT2D eigenvalue weighted by atomic mass is 9.92. The number of rotatable bonds is 5. The van der Waals surface area contributed by atoms with Gasteiger partial charge in [0.25, 0.3) is 0 Å². The summed E-state index contributed by atoms with van der Waals surface area (Å²) in [6.07, 6.45) is -0.433. The lowest BCUT2D eigenvalue weighted by molar-refractivity contribution is -0.0470. The average Bonchev–Trinajstić information content (AvgIpc) is 3.12. The molecule has 3 N–H and O–H groups in total. The summed E-state index contributed by atoms with van der Waals surface area (Å²) in [6.45, 7) is 0. The molecule has 0 aliphatic carbocycles. The predicted molar refractivity (Wildman–Crippen MR) is 119 cm³/mol. The van der Waals surface area contributed by atoms with E-state index in [1.165, 1.54) is 7.11 Å². The number of nitrogens with one attached hydrogen (secondary N) is 1. The molecule has 0 bridgehead atoms. The highest BCUT2D eigenvalue weighted by Crippen LogP contribution is 2.46. The van der Waals surface area contributed by atoms with Crippen LogP contribution >= 0.6 is 15.9 Å². The minimum Gasteiger partial charge on any atom is -0.465 e. The van der Waals surface area contributed by atoms with Crippen molar-refractivity contribution in [3.63, 3.8) is 0 Å². The van der Waals surface area contributed by atoms with Crippen molar-refractivity contribution in [1.29, 1.82) is 0 Å². The Morgan fingerprint density at radius 2 is 1.87 bits per heavy atom. The zero-order valence-electron chi connectivity index (χ0n) is 16.5. The van der Waals surface area contributed by atoms with Crippen LogP contribution in [0.4, 0.5) is 17.1 Å². The second kappa shape index (κ2) is 8.38. The maximum absolute atomic E-state index is 12.2. The number of anilines is 3. The molecule has 3 aromatic rings. The summed E-state index contributed by atoms with van der Waals surface area (Å²) in [6, 6.07) is 19.1. The fourth-order valence-electron chi connectivity index (χ4n) is 3.66. The van der Waals surface area contributed by atoms with Crippen LogP contribution in [0.5, 0.6) is 5.75 Å². The van der Waals surface area contributed by atoms with Crippen LogP contribution in [0.15, 0.2) is 65.1 Å². The van der Waals surface area contributed by atoms with Gasteiger partial charge >= 0.3 is 5.97 Å². The van der Waals surface area contributed by atoms with E-state index in [1.54, 1.807) is 25.3 Å². The van der Waals surface area contributed by atoms with E-state index < -0.39 is 12.3 Å². The summed E-state index contributed by atoms with van der Waals surface area (Å²) in [4.78, 5) is 12.2. The van der Waals surface area contributed by atoms with Crippen LogP contribution in [-0.4, -0.2) is 26.5 Å². The lowest BCUT2D eigenvalue weighted by Crippen LogP contribution is -2.21. The molecule has 0 radical (unpaired) electrons. The number of esters is 1. The Morgan fingerprint density at radius 1 is 1.10 bits per heavy atom. The smallest absolute Gasteiger partial charge is 0.340 e. The van der Waals surface area contributed by atoms with Crippen molar-refractivity contribution in [2.75, 3.05) is 25.3 Å². The fourth-order valence-corrected chi connectivity index (χ4v) is 4.12. The van der Waals surface area contributed by atoms with Crippen molar-refractivity contribution in [1.82, 2.24) is 0 Å². The number of nitrogens with two attached hydrogens (primary N) is 1. The van der Waals surface area contributed by atoms with E-state index in [9.17, 15) is 4.79 Å². The predicted octanol–water partition coefficient (Wildman–Crippen LogP) is 5.06. The zero-order chi connectivity index (χ0) is 21.3. The molecule has 6 nitrogen and oxygen atoms in total. The van der Waals surface area contributed by atoms with E-state index in [0.29, 0.717) is 28.4 Å². The Hall–Kier alpha value is -3.03. The van der Waals surface area contributed by atoms with E-state index in [0.717, 1.165) is 15.6 Å². The van der Waals surface area contributed by atoms with E-state index in [2.05, 4.69) is 33.4 Å². The molecule has 0 saturated carbocycles. The molecule has 154 valence electrons. The zero-order valence-corrected chi connectivity index (χ0v) is 18.1. The van der Waals surface area contributed by atoms with Gasteiger partial charge in [-0.15, -0.1) is 0 Å². The van der Waals surface area contributed by atoms with Gasteiger partial charge in [-0.25, -0.2) is 4.79 Å². The number of fused-ring (bicyclic) bond motifs is 1. The molecule has 1 aliphatic rings. The number of halogens is 1. The third kappa shape index (κ3) is 3.62. The summed E-state index contributed by atoms with van der Waals surface area (Å²) in [5, 5.41) is 3.25. The number of hydrogen-bond donors (Lipinski definition) is 2. The van der Waals surface area contributed by atoms with Gasteiger partial charge in [-0.3, -0.25) is 0 Å². The van der Waals surface area contributed by atoms with Gasteiger partial charge in [0.15, 0.2) is 0 Å². The first-order valence-corrected chi connectivity index (χ1v) is 10.1. The van der Waals surface area contributed by atoms with Gasteiger partial charge in [0.05, 0.1) is 35.7 Å². The SMILES string of the molecule is COC(=O)c1cccc(N)c1Nc1cc2c(cc1Br)C(c1ccccc1)C(OC)O2. The van der Waals surface area contributed by atoms with Crippen LogP contribution in [0.1, 0.15) is 27.4 Å². The third-order valence-corrected chi connectivity index (χ3v) is 5.76. The van der Waals surface area contributed by atoms with E-state index in [1.807, 2.05) is 30.3 Å². The largest absolute Gasteiger partial charge is 0.465 e. The number of methoxy groups -OCH3 is 2. The Morgan fingerprint density at radius 3 is 2.57 bits per heavy atom. The topological polar surface area (TPSA) is 82.8 Å². The normalized spacial score (nSPS) is 17.2. The number of carbonyl (C=O) groups excluding carboxylic acids is 1. The molecule has 0 spiro atoms. The summed E-state index contributed by atoms with van der Waals surface area (Å²) < 4.78 is 17.4.